The minimum absolute atomic E-state index is 0.00860. The average molecular weight is 471 g/mol. The fourth-order valence-electron chi connectivity index (χ4n) is 3.11. The number of hydrogen-bond acceptors (Lipinski definition) is 6. The molecule has 0 atom stereocenters. The van der Waals surface area contributed by atoms with Gasteiger partial charge in [-0.3, -0.25) is 4.79 Å². The second-order valence-electron chi connectivity index (χ2n) is 7.30. The van der Waals surface area contributed by atoms with Crippen LogP contribution in [0.4, 0.5) is 0 Å². The lowest BCUT2D eigenvalue weighted by Crippen LogP contribution is -2.27. The number of methoxy groups -OCH3 is 1. The zero-order valence-corrected chi connectivity index (χ0v) is 18.1. The number of hydrogen-bond donors (Lipinski definition) is 2. The van der Waals surface area contributed by atoms with Crippen LogP contribution in [0, 0.1) is 0 Å². The molecule has 30 heavy (non-hydrogen) atoms. The molecule has 7 nitrogen and oxygen atoms in total. The molecular weight excluding hydrogens is 452 g/mol. The van der Waals surface area contributed by atoms with Crippen molar-refractivity contribution in [2.45, 2.75) is 19.4 Å². The van der Waals surface area contributed by atoms with Gasteiger partial charge in [-0.15, -0.1) is 0 Å². The van der Waals surface area contributed by atoms with Gasteiger partial charge < -0.3 is 19.0 Å². The minimum atomic E-state index is -0.484. The summed E-state index contributed by atoms with van der Waals surface area (Å²) in [5.41, 5.74) is 4.06. The van der Waals surface area contributed by atoms with Crippen molar-refractivity contribution in [2.75, 3.05) is 7.11 Å². The van der Waals surface area contributed by atoms with Gasteiger partial charge in [-0.1, -0.05) is 0 Å². The van der Waals surface area contributed by atoms with E-state index in [1.807, 2.05) is 38.1 Å². The Morgan fingerprint density at radius 3 is 2.87 bits per heavy atom. The van der Waals surface area contributed by atoms with Gasteiger partial charge in [0.25, 0.3) is 0 Å². The van der Waals surface area contributed by atoms with E-state index in [4.69, 9.17) is 13.9 Å². The van der Waals surface area contributed by atoms with Crippen molar-refractivity contribution in [1.82, 2.24) is 5.43 Å². The third kappa shape index (κ3) is 3.78. The van der Waals surface area contributed by atoms with Crippen molar-refractivity contribution in [3.8, 4) is 17.2 Å². The van der Waals surface area contributed by atoms with E-state index in [9.17, 15) is 9.90 Å². The maximum Gasteiger partial charge on any atom is 0.307 e. The van der Waals surface area contributed by atoms with Crippen molar-refractivity contribution >= 4 is 45.1 Å². The Labute approximate surface area is 181 Å². The number of rotatable bonds is 4. The van der Waals surface area contributed by atoms with Crippen molar-refractivity contribution < 1.29 is 23.8 Å². The molecule has 0 aliphatic carbocycles. The standard InChI is InChI=1S/C22H19BrN2O5/c1-22(2)7-6-14-16(30-22)5-4-13-10-18(29-20(13)14)21(27)25-24-11-12-8-15(23)19(26)17(9-12)28-3/h4-11,26H,1-3H3,(H,25,27)/b24-11+. The summed E-state index contributed by atoms with van der Waals surface area (Å²) >= 11 is 3.24. The van der Waals surface area contributed by atoms with E-state index >= 15 is 0 Å². The van der Waals surface area contributed by atoms with Crippen molar-refractivity contribution in [3.05, 3.63) is 57.8 Å². The molecule has 8 heteroatoms. The second-order valence-corrected chi connectivity index (χ2v) is 8.15. The normalized spacial score (nSPS) is 14.5. The quantitative estimate of drug-likeness (QED) is 0.419. The molecular formula is C22H19BrN2O5. The highest BCUT2D eigenvalue weighted by molar-refractivity contribution is 9.10. The Hall–Kier alpha value is -3.26. The number of fused-ring (bicyclic) bond motifs is 3. The molecule has 0 saturated carbocycles. The predicted octanol–water partition coefficient (Wildman–Crippen LogP) is 4.86. The van der Waals surface area contributed by atoms with Gasteiger partial charge in [0.05, 0.1) is 23.4 Å². The Morgan fingerprint density at radius 2 is 2.10 bits per heavy atom. The fourth-order valence-corrected chi connectivity index (χ4v) is 3.57. The van der Waals surface area contributed by atoms with Crippen LogP contribution in [0.2, 0.25) is 0 Å². The Balaban J connectivity index is 1.55. The molecule has 1 aliphatic rings. The van der Waals surface area contributed by atoms with E-state index in [1.165, 1.54) is 13.3 Å². The summed E-state index contributed by atoms with van der Waals surface area (Å²) in [6, 6.07) is 8.63. The molecule has 154 valence electrons. The topological polar surface area (TPSA) is 93.3 Å². The monoisotopic (exact) mass is 470 g/mol. The fraction of sp³-hybridized carbons (Fsp3) is 0.182. The van der Waals surface area contributed by atoms with E-state index < -0.39 is 11.5 Å². The smallest absolute Gasteiger partial charge is 0.307 e. The number of nitrogens with zero attached hydrogens (tertiary/aromatic N) is 1. The van der Waals surface area contributed by atoms with E-state index in [0.29, 0.717) is 21.4 Å². The van der Waals surface area contributed by atoms with Crippen LogP contribution >= 0.6 is 15.9 Å². The number of ether oxygens (including phenoxy) is 2. The third-order valence-corrected chi connectivity index (χ3v) is 5.19. The molecule has 2 N–H and O–H groups in total. The third-order valence-electron chi connectivity index (χ3n) is 4.58. The summed E-state index contributed by atoms with van der Waals surface area (Å²) < 4.78 is 17.3. The molecule has 0 bridgehead atoms. The predicted molar refractivity (Wildman–Crippen MR) is 117 cm³/mol. The molecule has 0 fully saturated rings. The first-order chi connectivity index (χ1) is 14.3. The van der Waals surface area contributed by atoms with E-state index in [-0.39, 0.29) is 17.3 Å². The number of amides is 1. The van der Waals surface area contributed by atoms with Crippen LogP contribution < -0.4 is 14.9 Å². The maximum absolute atomic E-state index is 12.5. The van der Waals surface area contributed by atoms with Gasteiger partial charge >= 0.3 is 5.91 Å². The first kappa shape index (κ1) is 20.0. The number of carbonyl (C=O) groups is 1. The highest BCUT2D eigenvalue weighted by Crippen LogP contribution is 2.37. The van der Waals surface area contributed by atoms with Gasteiger partial charge in [0.15, 0.2) is 17.3 Å². The van der Waals surface area contributed by atoms with Crippen molar-refractivity contribution in [3.63, 3.8) is 0 Å². The molecule has 2 aromatic carbocycles. The van der Waals surface area contributed by atoms with Crippen LogP contribution in [0.25, 0.3) is 17.0 Å². The highest BCUT2D eigenvalue weighted by atomic mass is 79.9. The molecule has 0 unspecified atom stereocenters. The molecule has 0 spiro atoms. The molecule has 2 heterocycles. The van der Waals surface area contributed by atoms with Crippen molar-refractivity contribution in [2.24, 2.45) is 5.10 Å². The van der Waals surface area contributed by atoms with Gasteiger partial charge in [0, 0.05) is 5.39 Å². The number of halogens is 1. The molecule has 3 aromatic rings. The van der Waals surface area contributed by atoms with Crippen LogP contribution in [-0.2, 0) is 0 Å². The average Bonchev–Trinajstić information content (AvgIpc) is 3.14. The van der Waals surface area contributed by atoms with Crippen molar-refractivity contribution in [1.29, 1.82) is 0 Å². The summed E-state index contributed by atoms with van der Waals surface area (Å²) in [5.74, 6) is 0.643. The van der Waals surface area contributed by atoms with Gasteiger partial charge in [-0.2, -0.15) is 5.10 Å². The summed E-state index contributed by atoms with van der Waals surface area (Å²) in [7, 11) is 1.45. The Bertz CT molecular complexity index is 1210. The zero-order valence-electron chi connectivity index (χ0n) is 16.5. The second kappa shape index (κ2) is 7.53. The number of benzene rings is 2. The van der Waals surface area contributed by atoms with Crippen LogP contribution in [0.1, 0.15) is 35.5 Å². The summed E-state index contributed by atoms with van der Waals surface area (Å²) in [5, 5.41) is 14.6. The summed E-state index contributed by atoms with van der Waals surface area (Å²) in [4.78, 5) is 12.5. The molecule has 1 aromatic heterocycles. The zero-order chi connectivity index (χ0) is 21.5. The number of carbonyl (C=O) groups excluding carboxylic acids is 1. The largest absolute Gasteiger partial charge is 0.503 e. The SMILES string of the molecule is COc1cc(/C=N/NC(=O)c2cc3ccc4c(c3o2)C=CC(C)(C)O4)cc(Br)c1O. The van der Waals surface area contributed by atoms with Gasteiger partial charge in [0.1, 0.15) is 16.9 Å². The number of nitrogens with one attached hydrogen (secondary N) is 1. The Kier molecular flexibility index (Phi) is 5.03. The number of phenolic OH excluding ortho intramolecular Hbond substituents is 1. The van der Waals surface area contributed by atoms with Crippen LogP contribution in [0.5, 0.6) is 17.2 Å². The number of hydrazone groups is 1. The van der Waals surface area contributed by atoms with E-state index in [0.717, 1.165) is 10.9 Å². The van der Waals surface area contributed by atoms with Crippen LogP contribution in [0.15, 0.2) is 50.4 Å². The molecule has 1 amide bonds. The maximum atomic E-state index is 12.5. The summed E-state index contributed by atoms with van der Waals surface area (Å²) in [6.07, 6.45) is 5.33. The van der Waals surface area contributed by atoms with Gasteiger partial charge in [0.2, 0.25) is 0 Å². The Morgan fingerprint density at radius 1 is 1.30 bits per heavy atom. The van der Waals surface area contributed by atoms with E-state index in [2.05, 4.69) is 26.5 Å². The summed E-state index contributed by atoms with van der Waals surface area (Å²) in [6.45, 7) is 3.94. The number of phenols is 1. The van der Waals surface area contributed by atoms with Crippen LogP contribution in [-0.4, -0.2) is 29.9 Å². The van der Waals surface area contributed by atoms with Gasteiger partial charge in [-0.25, -0.2) is 5.43 Å². The molecule has 4 rings (SSSR count). The lowest BCUT2D eigenvalue weighted by molar-refractivity contribution is 0.0929. The molecule has 1 aliphatic heterocycles. The number of furan rings is 1. The lowest BCUT2D eigenvalue weighted by atomic mass is 10.0. The molecule has 0 saturated heterocycles. The highest BCUT2D eigenvalue weighted by Gasteiger charge is 2.24. The van der Waals surface area contributed by atoms with E-state index in [1.54, 1.807) is 18.2 Å². The van der Waals surface area contributed by atoms with Gasteiger partial charge in [-0.05, 0) is 77.8 Å². The van der Waals surface area contributed by atoms with Crippen LogP contribution in [0.3, 0.4) is 0 Å². The minimum Gasteiger partial charge on any atom is -0.503 e. The number of aromatic hydroxyl groups is 1. The molecule has 0 radical (unpaired) electrons. The first-order valence-corrected chi connectivity index (χ1v) is 9.91. The first-order valence-electron chi connectivity index (χ1n) is 9.12. The lowest BCUT2D eigenvalue weighted by Gasteiger charge is -2.27.